The maximum atomic E-state index is 13.7. The van der Waals surface area contributed by atoms with Crippen molar-refractivity contribution in [1.29, 1.82) is 0 Å². The van der Waals surface area contributed by atoms with Gasteiger partial charge in [0.1, 0.15) is 5.71 Å². The summed E-state index contributed by atoms with van der Waals surface area (Å²) in [6.07, 6.45) is -4.53. The van der Waals surface area contributed by atoms with Crippen molar-refractivity contribution >= 4 is 17.2 Å². The lowest BCUT2D eigenvalue weighted by Gasteiger charge is -2.29. The Morgan fingerprint density at radius 2 is 1.18 bits per heavy atom. The summed E-state index contributed by atoms with van der Waals surface area (Å²) in [5.41, 5.74) is 3.05. The summed E-state index contributed by atoms with van der Waals surface area (Å²) >= 11 is 0. The molecule has 0 saturated heterocycles. The van der Waals surface area contributed by atoms with E-state index in [9.17, 15) is 18.0 Å². The van der Waals surface area contributed by atoms with Gasteiger partial charge in [0, 0.05) is 11.1 Å². The zero-order valence-corrected chi connectivity index (χ0v) is 20.3. The van der Waals surface area contributed by atoms with Gasteiger partial charge in [-0.15, -0.1) is 0 Å². The lowest BCUT2D eigenvalue weighted by atomic mass is 9.78. The first-order valence-corrected chi connectivity index (χ1v) is 11.3. The van der Waals surface area contributed by atoms with Gasteiger partial charge in [-0.2, -0.15) is 13.2 Å². The van der Waals surface area contributed by atoms with E-state index in [1.54, 1.807) is 24.3 Å². The maximum Gasteiger partial charge on any atom is 0.416 e. The summed E-state index contributed by atoms with van der Waals surface area (Å²) in [7, 11) is 0. The molecule has 0 radical (unpaired) electrons. The number of fused-ring (bicyclic) bond motifs is 3. The first-order chi connectivity index (χ1) is 15.7. The van der Waals surface area contributed by atoms with Crippen LogP contribution in [-0.2, 0) is 17.0 Å². The van der Waals surface area contributed by atoms with Crippen LogP contribution in [0, 0.1) is 0 Å². The number of carbonyl (C=O) groups excluding carboxylic acids is 1. The van der Waals surface area contributed by atoms with Crippen LogP contribution in [0.25, 0.3) is 11.1 Å². The molecular formula is C29H28F3NO. The molecule has 0 saturated carbocycles. The monoisotopic (exact) mass is 463 g/mol. The second-order valence-corrected chi connectivity index (χ2v) is 10.8. The fraction of sp³-hybridized carbons (Fsp3) is 0.310. The van der Waals surface area contributed by atoms with Gasteiger partial charge in [-0.05, 0) is 45.2 Å². The molecule has 0 aromatic heterocycles. The predicted octanol–water partition coefficient (Wildman–Crippen LogP) is 8.28. The normalized spacial score (nSPS) is 15.3. The first kappa shape index (κ1) is 23.9. The molecule has 0 heterocycles. The van der Waals surface area contributed by atoms with Crippen LogP contribution >= 0.6 is 0 Å². The molecule has 1 aliphatic carbocycles. The Kier molecular flexibility index (Phi) is 5.58. The van der Waals surface area contributed by atoms with Crippen molar-refractivity contribution in [1.82, 2.24) is 0 Å². The number of nitrogens with zero attached hydrogens (tertiary/aromatic N) is 1. The SMILES string of the molecule is CC(C)(C)c1cccc(C(C)(C)C)c1N=C1C(=O)c2ccccc2-c2ccc(C(F)(F)F)cc21. The minimum absolute atomic E-state index is 0.0435. The number of alkyl halides is 3. The molecule has 1 aliphatic rings. The average molecular weight is 464 g/mol. The van der Waals surface area contributed by atoms with E-state index in [0.29, 0.717) is 22.4 Å². The van der Waals surface area contributed by atoms with Crippen molar-refractivity contribution in [3.8, 4) is 11.1 Å². The molecule has 3 aromatic carbocycles. The van der Waals surface area contributed by atoms with Crippen molar-refractivity contribution in [3.63, 3.8) is 0 Å². The largest absolute Gasteiger partial charge is 0.416 e. The minimum atomic E-state index is -4.53. The predicted molar refractivity (Wildman–Crippen MR) is 131 cm³/mol. The number of hydrogen-bond acceptors (Lipinski definition) is 2. The standard InChI is InChI=1S/C29H28F3NO/c1-27(2,3)22-12-9-13-23(28(4,5)6)25(22)33-24-21-16-17(29(30,31)32)14-15-19(21)18-10-7-8-11-20(18)26(24)34/h7-16H,1-6H3. The number of para-hydroxylation sites is 1. The lowest BCUT2D eigenvalue weighted by molar-refractivity contribution is -0.137. The van der Waals surface area contributed by atoms with Crippen LogP contribution in [0.15, 0.2) is 65.7 Å². The van der Waals surface area contributed by atoms with Crippen molar-refractivity contribution in [2.45, 2.75) is 58.5 Å². The Labute approximate surface area is 198 Å². The molecule has 0 atom stereocenters. The zero-order valence-electron chi connectivity index (χ0n) is 20.3. The number of hydrogen-bond donors (Lipinski definition) is 0. The van der Waals surface area contributed by atoms with E-state index in [4.69, 9.17) is 4.99 Å². The highest BCUT2D eigenvalue weighted by molar-refractivity contribution is 6.55. The number of halogens is 3. The van der Waals surface area contributed by atoms with Gasteiger partial charge in [0.05, 0.1) is 11.3 Å². The molecule has 5 heteroatoms. The van der Waals surface area contributed by atoms with Crippen LogP contribution in [0.5, 0.6) is 0 Å². The summed E-state index contributed by atoms with van der Waals surface area (Å²) < 4.78 is 40.9. The third-order valence-electron chi connectivity index (χ3n) is 6.15. The number of aliphatic imine (C=N–C) groups is 1. The van der Waals surface area contributed by atoms with Crippen LogP contribution in [-0.4, -0.2) is 11.5 Å². The summed E-state index contributed by atoms with van der Waals surface area (Å²) in [5.74, 6) is -0.369. The van der Waals surface area contributed by atoms with Gasteiger partial charge in [0.2, 0.25) is 5.78 Å². The highest BCUT2D eigenvalue weighted by Gasteiger charge is 2.35. The van der Waals surface area contributed by atoms with E-state index in [0.717, 1.165) is 23.3 Å². The summed E-state index contributed by atoms with van der Waals surface area (Å²) in [6.45, 7) is 12.4. The number of Topliss-reactive ketones (excluding diaryl/α,β-unsaturated/α-hetero) is 1. The van der Waals surface area contributed by atoms with E-state index in [2.05, 4.69) is 41.5 Å². The van der Waals surface area contributed by atoms with Crippen LogP contribution < -0.4 is 0 Å². The molecule has 34 heavy (non-hydrogen) atoms. The maximum absolute atomic E-state index is 13.7. The molecule has 0 N–H and O–H groups in total. The van der Waals surface area contributed by atoms with Crippen molar-refractivity contribution in [2.24, 2.45) is 4.99 Å². The Morgan fingerprint density at radius 1 is 0.647 bits per heavy atom. The number of ketones is 1. The molecule has 0 bridgehead atoms. The van der Waals surface area contributed by atoms with Gasteiger partial charge in [0.25, 0.3) is 0 Å². The Balaban J connectivity index is 2.09. The minimum Gasteiger partial charge on any atom is -0.287 e. The van der Waals surface area contributed by atoms with E-state index < -0.39 is 11.7 Å². The van der Waals surface area contributed by atoms with Crippen LogP contribution in [0.4, 0.5) is 18.9 Å². The number of benzene rings is 3. The fourth-order valence-corrected chi connectivity index (χ4v) is 4.41. The van der Waals surface area contributed by atoms with Crippen LogP contribution in [0.2, 0.25) is 0 Å². The fourth-order valence-electron chi connectivity index (χ4n) is 4.41. The highest BCUT2D eigenvalue weighted by Crippen LogP contribution is 2.43. The molecule has 176 valence electrons. The third-order valence-corrected chi connectivity index (χ3v) is 6.15. The first-order valence-electron chi connectivity index (χ1n) is 11.3. The summed E-state index contributed by atoms with van der Waals surface area (Å²) in [5, 5.41) is 0. The Morgan fingerprint density at radius 3 is 1.71 bits per heavy atom. The van der Waals surface area contributed by atoms with Gasteiger partial charge >= 0.3 is 6.18 Å². The topological polar surface area (TPSA) is 29.4 Å². The molecular weight excluding hydrogens is 435 g/mol. The van der Waals surface area contributed by atoms with Crippen molar-refractivity contribution in [2.75, 3.05) is 0 Å². The van der Waals surface area contributed by atoms with Crippen LogP contribution in [0.3, 0.4) is 0 Å². The second kappa shape index (κ2) is 7.93. The summed E-state index contributed by atoms with van der Waals surface area (Å²) in [4.78, 5) is 18.5. The molecule has 3 aromatic rings. The molecule has 2 nitrogen and oxygen atoms in total. The molecule has 0 unspecified atom stereocenters. The Hall–Kier alpha value is -3.21. The quantitative estimate of drug-likeness (QED) is 0.357. The van der Waals surface area contributed by atoms with Crippen LogP contribution in [0.1, 0.15) is 74.2 Å². The van der Waals surface area contributed by atoms with Gasteiger partial charge in [0.15, 0.2) is 0 Å². The molecule has 0 aliphatic heterocycles. The summed E-state index contributed by atoms with van der Waals surface area (Å²) in [6, 6.07) is 16.5. The molecule has 0 spiro atoms. The number of rotatable bonds is 1. The van der Waals surface area contributed by atoms with E-state index in [-0.39, 0.29) is 27.9 Å². The Bertz CT molecular complexity index is 1290. The van der Waals surface area contributed by atoms with Crippen molar-refractivity contribution in [3.05, 3.63) is 88.5 Å². The smallest absolute Gasteiger partial charge is 0.287 e. The average Bonchev–Trinajstić information content (AvgIpc) is 2.74. The zero-order chi connectivity index (χ0) is 25.1. The molecule has 0 amide bonds. The van der Waals surface area contributed by atoms with Gasteiger partial charge < -0.3 is 0 Å². The van der Waals surface area contributed by atoms with Crippen molar-refractivity contribution < 1.29 is 18.0 Å². The van der Waals surface area contributed by atoms with E-state index in [1.165, 1.54) is 6.07 Å². The lowest BCUT2D eigenvalue weighted by Crippen LogP contribution is -2.24. The van der Waals surface area contributed by atoms with Gasteiger partial charge in [-0.3, -0.25) is 4.79 Å². The molecule has 0 fully saturated rings. The highest BCUT2D eigenvalue weighted by atomic mass is 19.4. The molecule has 4 rings (SSSR count). The number of carbonyl (C=O) groups is 1. The van der Waals surface area contributed by atoms with Gasteiger partial charge in [-0.1, -0.05) is 90.1 Å². The second-order valence-electron chi connectivity index (χ2n) is 10.8. The van der Waals surface area contributed by atoms with E-state index >= 15 is 0 Å². The van der Waals surface area contributed by atoms with E-state index in [1.807, 2.05) is 18.2 Å². The van der Waals surface area contributed by atoms with Gasteiger partial charge in [-0.25, -0.2) is 4.99 Å². The third kappa shape index (κ3) is 4.20.